The van der Waals surface area contributed by atoms with Crippen LogP contribution in [-0.2, 0) is 10.0 Å². The first kappa shape index (κ1) is 19.8. The molecule has 0 radical (unpaired) electrons. The first-order valence-electron chi connectivity index (χ1n) is 9.58. The van der Waals surface area contributed by atoms with Gasteiger partial charge in [0.05, 0.1) is 10.6 Å². The van der Waals surface area contributed by atoms with Crippen LogP contribution >= 0.6 is 0 Å². The molecule has 0 unspecified atom stereocenters. The van der Waals surface area contributed by atoms with Gasteiger partial charge in [0.2, 0.25) is 10.0 Å². The van der Waals surface area contributed by atoms with Crippen LogP contribution in [0.15, 0.2) is 28.2 Å². The lowest BCUT2D eigenvalue weighted by Crippen LogP contribution is -2.35. The molecular weight excluding hydrogens is 368 g/mol. The van der Waals surface area contributed by atoms with Gasteiger partial charge in [0, 0.05) is 30.9 Å². The van der Waals surface area contributed by atoms with E-state index in [2.05, 4.69) is 10.5 Å². The van der Waals surface area contributed by atoms with Gasteiger partial charge in [-0.1, -0.05) is 19.3 Å². The number of hydrazone groups is 1. The molecule has 0 amide bonds. The fourth-order valence-electron chi connectivity index (χ4n) is 3.56. The molecule has 8 nitrogen and oxygen atoms in total. The maximum Gasteiger partial charge on any atom is 0.270 e. The van der Waals surface area contributed by atoms with E-state index in [1.165, 1.54) is 29.3 Å². The number of hydrogen-bond donors (Lipinski definition) is 1. The van der Waals surface area contributed by atoms with Gasteiger partial charge in [-0.3, -0.25) is 15.5 Å². The zero-order chi connectivity index (χ0) is 19.3. The van der Waals surface area contributed by atoms with Gasteiger partial charge in [-0.25, -0.2) is 8.42 Å². The smallest absolute Gasteiger partial charge is 0.270 e. The zero-order valence-electron chi connectivity index (χ0n) is 15.4. The molecule has 0 atom stereocenters. The molecule has 1 heterocycles. The Labute approximate surface area is 159 Å². The van der Waals surface area contributed by atoms with Crippen LogP contribution in [0.4, 0.5) is 11.4 Å². The molecule has 1 N–H and O–H groups in total. The summed E-state index contributed by atoms with van der Waals surface area (Å²) in [6.45, 7) is 0.887. The average Bonchev–Trinajstić information content (AvgIpc) is 2.95. The van der Waals surface area contributed by atoms with Crippen molar-refractivity contribution in [2.24, 2.45) is 5.10 Å². The third-order valence-electron chi connectivity index (χ3n) is 5.12. The Morgan fingerprint density at radius 2 is 1.63 bits per heavy atom. The van der Waals surface area contributed by atoms with Crippen molar-refractivity contribution in [1.82, 2.24) is 4.31 Å². The molecule has 0 aromatic heterocycles. The molecule has 2 aliphatic rings. The van der Waals surface area contributed by atoms with Gasteiger partial charge in [-0.2, -0.15) is 9.41 Å². The normalized spacial score (nSPS) is 19.3. The Kier molecular flexibility index (Phi) is 6.43. The van der Waals surface area contributed by atoms with Crippen LogP contribution in [0.2, 0.25) is 0 Å². The monoisotopic (exact) mass is 394 g/mol. The first-order chi connectivity index (χ1) is 13.0. The Morgan fingerprint density at radius 3 is 2.26 bits per heavy atom. The predicted octanol–water partition coefficient (Wildman–Crippen LogP) is 3.89. The van der Waals surface area contributed by atoms with E-state index in [1.54, 1.807) is 0 Å². The Hall–Kier alpha value is -2.00. The molecular formula is C18H26N4O4S. The summed E-state index contributed by atoms with van der Waals surface area (Å²) in [6.07, 6.45) is 8.94. The van der Waals surface area contributed by atoms with Crippen LogP contribution in [-0.4, -0.2) is 36.4 Å². The minimum absolute atomic E-state index is 0.0726. The molecule has 1 aromatic rings. The summed E-state index contributed by atoms with van der Waals surface area (Å²) in [5, 5.41) is 15.6. The highest BCUT2D eigenvalue weighted by molar-refractivity contribution is 7.89. The molecule has 1 aromatic carbocycles. The predicted molar refractivity (Wildman–Crippen MR) is 104 cm³/mol. The number of hydrogen-bond acceptors (Lipinski definition) is 6. The van der Waals surface area contributed by atoms with Crippen molar-refractivity contribution in [3.63, 3.8) is 0 Å². The Balaban J connectivity index is 1.93. The fourth-order valence-corrected chi connectivity index (χ4v) is 5.24. The van der Waals surface area contributed by atoms with Crippen molar-refractivity contribution in [2.45, 2.75) is 62.7 Å². The van der Waals surface area contributed by atoms with E-state index < -0.39 is 14.9 Å². The van der Waals surface area contributed by atoms with Gasteiger partial charge in [0.15, 0.2) is 0 Å². The molecule has 1 aliphatic heterocycles. The molecule has 2 fully saturated rings. The SMILES string of the molecule is O=[N+]([O-])c1ccc(NN=C2CCCCCC2)c(S(=O)(=O)N2CCCCC2)c1. The van der Waals surface area contributed by atoms with Crippen molar-refractivity contribution in [3.05, 3.63) is 28.3 Å². The molecule has 9 heteroatoms. The summed E-state index contributed by atoms with van der Waals surface area (Å²) in [5.41, 5.74) is 3.96. The molecule has 3 rings (SSSR count). The molecule has 0 spiro atoms. The summed E-state index contributed by atoms with van der Waals surface area (Å²) in [5.74, 6) is 0. The van der Waals surface area contributed by atoms with Crippen molar-refractivity contribution < 1.29 is 13.3 Å². The van der Waals surface area contributed by atoms with Gasteiger partial charge in [-0.15, -0.1) is 0 Å². The number of nitro benzene ring substituents is 1. The largest absolute Gasteiger partial charge is 0.277 e. The summed E-state index contributed by atoms with van der Waals surface area (Å²) >= 11 is 0. The Morgan fingerprint density at radius 1 is 1.00 bits per heavy atom. The highest BCUT2D eigenvalue weighted by Crippen LogP contribution is 2.30. The van der Waals surface area contributed by atoms with Crippen molar-refractivity contribution >= 4 is 27.1 Å². The number of non-ortho nitro benzene ring substituents is 1. The Bertz CT molecular complexity index is 807. The average molecular weight is 394 g/mol. The molecule has 148 valence electrons. The van der Waals surface area contributed by atoms with Gasteiger partial charge in [0.1, 0.15) is 4.90 Å². The van der Waals surface area contributed by atoms with Gasteiger partial charge < -0.3 is 0 Å². The number of nitro groups is 1. The van der Waals surface area contributed by atoms with Gasteiger partial charge in [0.25, 0.3) is 5.69 Å². The summed E-state index contributed by atoms with van der Waals surface area (Å²) in [6, 6.07) is 3.89. The zero-order valence-corrected chi connectivity index (χ0v) is 16.2. The van der Waals surface area contributed by atoms with E-state index in [4.69, 9.17) is 0 Å². The molecule has 1 saturated heterocycles. The van der Waals surface area contributed by atoms with Crippen LogP contribution in [0, 0.1) is 10.1 Å². The lowest BCUT2D eigenvalue weighted by Gasteiger charge is -2.26. The van der Waals surface area contributed by atoms with Gasteiger partial charge >= 0.3 is 0 Å². The van der Waals surface area contributed by atoms with Crippen LogP contribution < -0.4 is 5.43 Å². The van der Waals surface area contributed by atoms with Crippen molar-refractivity contribution in [3.8, 4) is 0 Å². The second kappa shape index (κ2) is 8.79. The topological polar surface area (TPSA) is 105 Å². The number of anilines is 1. The highest BCUT2D eigenvalue weighted by atomic mass is 32.2. The summed E-state index contributed by atoms with van der Waals surface area (Å²) < 4.78 is 27.6. The quantitative estimate of drug-likeness (QED) is 0.463. The highest BCUT2D eigenvalue weighted by Gasteiger charge is 2.30. The fraction of sp³-hybridized carbons (Fsp3) is 0.611. The minimum atomic E-state index is -3.81. The lowest BCUT2D eigenvalue weighted by atomic mass is 10.2. The standard InChI is InChI=1S/C18H26N4O4S/c23-22(24)16-10-11-17(20-19-15-8-4-1-2-5-9-15)18(14-16)27(25,26)21-12-6-3-7-13-21/h10-11,14,20H,1-9,12-13H2. The third-order valence-corrected chi connectivity index (χ3v) is 7.06. The van der Waals surface area contributed by atoms with E-state index in [0.29, 0.717) is 18.8 Å². The van der Waals surface area contributed by atoms with E-state index in [1.807, 2.05) is 0 Å². The van der Waals surface area contributed by atoms with E-state index in [9.17, 15) is 18.5 Å². The van der Waals surface area contributed by atoms with Gasteiger partial charge in [-0.05, 0) is 44.6 Å². The second-order valence-electron chi connectivity index (χ2n) is 7.11. The minimum Gasteiger partial charge on any atom is -0.277 e. The number of benzene rings is 1. The van der Waals surface area contributed by atoms with Crippen LogP contribution in [0.5, 0.6) is 0 Å². The van der Waals surface area contributed by atoms with Crippen LogP contribution in [0.3, 0.4) is 0 Å². The first-order valence-corrected chi connectivity index (χ1v) is 11.0. The number of piperidine rings is 1. The van der Waals surface area contributed by atoms with Crippen molar-refractivity contribution in [1.29, 1.82) is 0 Å². The van der Waals surface area contributed by atoms with Crippen LogP contribution in [0.25, 0.3) is 0 Å². The molecule has 1 saturated carbocycles. The lowest BCUT2D eigenvalue weighted by molar-refractivity contribution is -0.385. The maximum absolute atomic E-state index is 13.1. The van der Waals surface area contributed by atoms with Crippen LogP contribution in [0.1, 0.15) is 57.8 Å². The van der Waals surface area contributed by atoms with E-state index in [-0.39, 0.29) is 10.6 Å². The number of nitrogens with one attached hydrogen (secondary N) is 1. The summed E-state index contributed by atoms with van der Waals surface area (Å²) in [7, 11) is -3.81. The number of sulfonamides is 1. The number of rotatable bonds is 5. The van der Waals surface area contributed by atoms with Crippen molar-refractivity contribution in [2.75, 3.05) is 18.5 Å². The van der Waals surface area contributed by atoms with E-state index in [0.717, 1.165) is 56.7 Å². The number of nitrogens with zero attached hydrogens (tertiary/aromatic N) is 3. The second-order valence-corrected chi connectivity index (χ2v) is 9.01. The molecule has 27 heavy (non-hydrogen) atoms. The maximum atomic E-state index is 13.1. The summed E-state index contributed by atoms with van der Waals surface area (Å²) in [4.78, 5) is 10.5. The van der Waals surface area contributed by atoms with E-state index >= 15 is 0 Å². The third kappa shape index (κ3) is 4.84. The molecule has 0 bridgehead atoms. The molecule has 1 aliphatic carbocycles.